The number of fused-ring (bicyclic) bond motifs is 2. The van der Waals surface area contributed by atoms with Crippen LogP contribution in [-0.4, -0.2) is 48.8 Å². The summed E-state index contributed by atoms with van der Waals surface area (Å²) in [5, 5.41) is 3.89. The lowest BCUT2D eigenvalue weighted by atomic mass is 9.94. The molecule has 2 aromatic rings. The number of nitrogens with one attached hydrogen (secondary N) is 1. The minimum Gasteiger partial charge on any atom is -0.488 e. The van der Waals surface area contributed by atoms with Crippen LogP contribution in [0.3, 0.4) is 0 Å². The van der Waals surface area contributed by atoms with Crippen molar-refractivity contribution in [3.05, 3.63) is 46.5 Å². The van der Waals surface area contributed by atoms with Gasteiger partial charge < -0.3 is 25.4 Å². The molecule has 2 aromatic carbocycles. The van der Waals surface area contributed by atoms with Crippen molar-refractivity contribution < 1.29 is 9.47 Å². The lowest BCUT2D eigenvalue weighted by Crippen LogP contribution is -2.43. The summed E-state index contributed by atoms with van der Waals surface area (Å²) >= 11 is 0. The number of hydrogen-bond acceptors (Lipinski definition) is 6. The van der Waals surface area contributed by atoms with Gasteiger partial charge in [0.2, 0.25) is 0 Å². The minimum absolute atomic E-state index is 0.188. The van der Waals surface area contributed by atoms with Crippen molar-refractivity contribution in [2.45, 2.75) is 89.3 Å². The first-order valence-corrected chi connectivity index (χ1v) is 13.6. The van der Waals surface area contributed by atoms with Gasteiger partial charge >= 0.3 is 0 Å². The Morgan fingerprint density at radius 2 is 1.49 bits per heavy atom. The Hall–Kier alpha value is -2.44. The molecule has 0 saturated heterocycles. The summed E-state index contributed by atoms with van der Waals surface area (Å²) in [5.41, 5.74) is 13.8. The van der Waals surface area contributed by atoms with Crippen molar-refractivity contribution in [1.82, 2.24) is 9.80 Å². The molecule has 6 rings (SSSR count). The first kappa shape index (κ1) is 23.0. The third-order valence-corrected chi connectivity index (χ3v) is 8.47. The molecule has 2 fully saturated rings. The molecule has 2 aliphatic heterocycles. The summed E-state index contributed by atoms with van der Waals surface area (Å²) in [5.74, 6) is 1.89. The zero-order valence-corrected chi connectivity index (χ0v) is 21.3. The zero-order chi connectivity index (χ0) is 23.9. The molecule has 0 radical (unpaired) electrons. The topological polar surface area (TPSA) is 63.0 Å². The van der Waals surface area contributed by atoms with Gasteiger partial charge in [0.25, 0.3) is 0 Å². The summed E-state index contributed by atoms with van der Waals surface area (Å²) in [6.45, 7) is 2.98. The molecule has 0 aromatic heterocycles. The number of rotatable bonds is 6. The van der Waals surface area contributed by atoms with E-state index in [2.05, 4.69) is 53.5 Å². The van der Waals surface area contributed by atoms with Crippen LogP contribution >= 0.6 is 0 Å². The van der Waals surface area contributed by atoms with E-state index in [0.717, 1.165) is 68.2 Å². The molecule has 0 bridgehead atoms. The smallest absolute Gasteiger partial charge is 0.143 e. The second kappa shape index (κ2) is 9.55. The minimum atomic E-state index is 0.188. The van der Waals surface area contributed by atoms with Gasteiger partial charge in [0.05, 0.1) is 29.7 Å². The van der Waals surface area contributed by atoms with E-state index < -0.39 is 0 Å². The Balaban J connectivity index is 1.26. The van der Waals surface area contributed by atoms with E-state index in [1.165, 1.54) is 54.4 Å². The fourth-order valence-corrected chi connectivity index (χ4v) is 6.00. The molecular weight excluding hydrogens is 436 g/mol. The number of nitrogens with two attached hydrogens (primary N) is 1. The van der Waals surface area contributed by atoms with E-state index in [0.29, 0.717) is 12.2 Å². The number of nitrogen functional groups attached to an aromatic ring is 1. The number of nitrogens with zero attached hydrogens (tertiary/aromatic N) is 2. The molecule has 2 heterocycles. The van der Waals surface area contributed by atoms with Crippen LogP contribution in [0.4, 0.5) is 11.4 Å². The van der Waals surface area contributed by atoms with Crippen LogP contribution in [0.15, 0.2) is 24.3 Å². The summed E-state index contributed by atoms with van der Waals surface area (Å²) in [6, 6.07) is 9.00. The highest BCUT2D eigenvalue weighted by atomic mass is 16.5. The van der Waals surface area contributed by atoms with Crippen molar-refractivity contribution in [1.29, 1.82) is 0 Å². The van der Waals surface area contributed by atoms with Gasteiger partial charge in [0.1, 0.15) is 11.5 Å². The van der Waals surface area contributed by atoms with E-state index in [4.69, 9.17) is 15.2 Å². The van der Waals surface area contributed by atoms with Gasteiger partial charge in [0.15, 0.2) is 0 Å². The zero-order valence-electron chi connectivity index (χ0n) is 21.3. The Kier molecular flexibility index (Phi) is 6.27. The van der Waals surface area contributed by atoms with Gasteiger partial charge in [-0.05, 0) is 112 Å². The van der Waals surface area contributed by atoms with E-state index in [9.17, 15) is 0 Å². The molecular formula is C29H40N4O2. The first-order chi connectivity index (χ1) is 17.0. The summed E-state index contributed by atoms with van der Waals surface area (Å²) < 4.78 is 12.8. The second-order valence-electron chi connectivity index (χ2n) is 11.2. The first-order valence-electron chi connectivity index (χ1n) is 13.6. The fraction of sp³-hybridized carbons (Fsp3) is 0.586. The monoisotopic (exact) mass is 476 g/mol. The Bertz CT molecular complexity index is 1080. The lowest BCUT2D eigenvalue weighted by Gasteiger charge is -2.37. The van der Waals surface area contributed by atoms with Crippen LogP contribution in [0.1, 0.15) is 67.2 Å². The molecule has 0 amide bonds. The van der Waals surface area contributed by atoms with E-state index in [-0.39, 0.29) is 6.17 Å². The fourth-order valence-electron chi connectivity index (χ4n) is 6.00. The normalized spacial score (nSPS) is 23.4. The van der Waals surface area contributed by atoms with E-state index in [1.54, 1.807) is 0 Å². The summed E-state index contributed by atoms with van der Waals surface area (Å²) in [4.78, 5) is 4.79. The van der Waals surface area contributed by atoms with Crippen molar-refractivity contribution in [3.8, 4) is 11.5 Å². The van der Waals surface area contributed by atoms with Crippen LogP contribution in [0, 0.1) is 0 Å². The summed E-state index contributed by atoms with van der Waals surface area (Å²) in [6.07, 6.45) is 11.3. The van der Waals surface area contributed by atoms with Gasteiger partial charge in [-0.3, -0.25) is 4.90 Å². The highest BCUT2D eigenvalue weighted by Gasteiger charge is 2.28. The van der Waals surface area contributed by atoms with Crippen LogP contribution in [0.2, 0.25) is 0 Å². The standard InChI is InChI=1S/C29H40N4O2/c1-32-11-10-19-14-28(35-23-6-3-4-7-23)26(13-22(19)17-32)31-29-16-20-15-27(34-24-8-5-9-24)25(30)12-21(20)18-33(29)2/h12-15,23-24,29,31H,3-11,16-18,30H2,1-2H3. The molecule has 6 nitrogen and oxygen atoms in total. The average Bonchev–Trinajstić information content (AvgIpc) is 3.31. The molecule has 4 aliphatic rings. The van der Waals surface area contributed by atoms with E-state index in [1.807, 2.05) is 0 Å². The van der Waals surface area contributed by atoms with Gasteiger partial charge in [-0.25, -0.2) is 0 Å². The maximum atomic E-state index is 6.61. The molecule has 2 aliphatic carbocycles. The summed E-state index contributed by atoms with van der Waals surface area (Å²) in [7, 11) is 4.40. The van der Waals surface area contributed by atoms with Gasteiger partial charge in [-0.15, -0.1) is 0 Å². The lowest BCUT2D eigenvalue weighted by molar-refractivity contribution is 0.121. The average molecular weight is 477 g/mol. The quantitative estimate of drug-likeness (QED) is 0.576. The largest absolute Gasteiger partial charge is 0.488 e. The molecule has 3 N–H and O–H groups in total. The van der Waals surface area contributed by atoms with Gasteiger partial charge in [-0.1, -0.05) is 0 Å². The van der Waals surface area contributed by atoms with Crippen LogP contribution < -0.4 is 20.5 Å². The number of likely N-dealkylation sites (N-methyl/N-ethyl adjacent to an activating group) is 2. The number of anilines is 2. The third-order valence-electron chi connectivity index (χ3n) is 8.47. The van der Waals surface area contributed by atoms with Gasteiger partial charge in [0, 0.05) is 26.1 Å². The van der Waals surface area contributed by atoms with Crippen molar-refractivity contribution >= 4 is 11.4 Å². The van der Waals surface area contributed by atoms with Crippen LogP contribution in [0.5, 0.6) is 11.5 Å². The van der Waals surface area contributed by atoms with Gasteiger partial charge in [-0.2, -0.15) is 0 Å². The molecule has 35 heavy (non-hydrogen) atoms. The molecule has 6 heteroatoms. The Morgan fingerprint density at radius 3 is 2.23 bits per heavy atom. The highest BCUT2D eigenvalue weighted by molar-refractivity contribution is 5.62. The van der Waals surface area contributed by atoms with Crippen molar-refractivity contribution in [2.24, 2.45) is 0 Å². The van der Waals surface area contributed by atoms with Crippen LogP contribution in [-0.2, 0) is 25.9 Å². The number of hydrogen-bond donors (Lipinski definition) is 2. The molecule has 2 saturated carbocycles. The maximum absolute atomic E-state index is 6.61. The van der Waals surface area contributed by atoms with Crippen molar-refractivity contribution in [2.75, 3.05) is 31.7 Å². The maximum Gasteiger partial charge on any atom is 0.143 e. The highest BCUT2D eigenvalue weighted by Crippen LogP contribution is 2.38. The predicted octanol–water partition coefficient (Wildman–Crippen LogP) is 4.94. The molecule has 1 unspecified atom stereocenters. The molecule has 0 spiro atoms. The SMILES string of the molecule is CN1CCc2cc(OC3CCCC3)c(NC3Cc4cc(OC5CCC5)c(N)cc4CN3C)cc2C1. The number of benzene rings is 2. The Labute approximate surface area is 209 Å². The van der Waals surface area contributed by atoms with Crippen LogP contribution in [0.25, 0.3) is 0 Å². The molecule has 1 atom stereocenters. The molecule has 188 valence electrons. The number of ether oxygens (including phenoxy) is 2. The predicted molar refractivity (Wildman–Crippen MR) is 141 cm³/mol. The third kappa shape index (κ3) is 4.83. The van der Waals surface area contributed by atoms with Crippen molar-refractivity contribution in [3.63, 3.8) is 0 Å². The Morgan fingerprint density at radius 1 is 0.800 bits per heavy atom. The second-order valence-corrected chi connectivity index (χ2v) is 11.2. The van der Waals surface area contributed by atoms with E-state index >= 15 is 0 Å².